The lowest BCUT2D eigenvalue weighted by molar-refractivity contribution is -0.384. The van der Waals surface area contributed by atoms with E-state index in [1.54, 1.807) is 18.3 Å². The van der Waals surface area contributed by atoms with Crippen molar-refractivity contribution in [3.8, 4) is 0 Å². The summed E-state index contributed by atoms with van der Waals surface area (Å²) in [6.07, 6.45) is 4.18. The van der Waals surface area contributed by atoms with E-state index >= 15 is 0 Å². The molecule has 0 unspecified atom stereocenters. The van der Waals surface area contributed by atoms with Crippen LogP contribution in [0.25, 0.3) is 0 Å². The summed E-state index contributed by atoms with van der Waals surface area (Å²) in [5, 5.41) is 14.7. The van der Waals surface area contributed by atoms with E-state index in [4.69, 9.17) is 11.6 Å². The maximum atomic E-state index is 11.7. The van der Waals surface area contributed by atoms with E-state index in [0.29, 0.717) is 16.1 Å². The van der Waals surface area contributed by atoms with Crippen molar-refractivity contribution in [2.75, 3.05) is 0 Å². The molecule has 0 saturated heterocycles. The zero-order chi connectivity index (χ0) is 15.2. The zero-order valence-corrected chi connectivity index (χ0v) is 11.3. The van der Waals surface area contributed by atoms with Crippen molar-refractivity contribution in [1.82, 2.24) is 10.4 Å². The minimum absolute atomic E-state index is 0.112. The molecule has 0 fully saturated rings. The van der Waals surface area contributed by atoms with Gasteiger partial charge in [0.2, 0.25) is 0 Å². The first-order chi connectivity index (χ1) is 10.1. The predicted molar refractivity (Wildman–Crippen MR) is 77.4 cm³/mol. The summed E-state index contributed by atoms with van der Waals surface area (Å²) in [5.74, 6) is -0.444. The van der Waals surface area contributed by atoms with Crippen LogP contribution >= 0.6 is 11.6 Å². The summed E-state index contributed by atoms with van der Waals surface area (Å²) in [5.41, 5.74) is 2.85. The number of benzene rings is 1. The molecule has 1 amide bonds. The minimum Gasteiger partial charge on any atom is -0.267 e. The molecule has 7 nitrogen and oxygen atoms in total. The van der Waals surface area contributed by atoms with Crippen molar-refractivity contribution in [1.29, 1.82) is 0 Å². The fraction of sp³-hybridized carbons (Fsp3) is 0. The first-order valence-corrected chi connectivity index (χ1v) is 6.13. The summed E-state index contributed by atoms with van der Waals surface area (Å²) in [7, 11) is 0. The number of pyridine rings is 1. The monoisotopic (exact) mass is 304 g/mol. The number of carbonyl (C=O) groups excluding carboxylic acids is 1. The van der Waals surface area contributed by atoms with Gasteiger partial charge in [0.1, 0.15) is 0 Å². The van der Waals surface area contributed by atoms with Crippen LogP contribution in [0.2, 0.25) is 5.02 Å². The van der Waals surface area contributed by atoms with Crippen LogP contribution in [0, 0.1) is 10.1 Å². The van der Waals surface area contributed by atoms with Gasteiger partial charge in [0.25, 0.3) is 11.6 Å². The average molecular weight is 305 g/mol. The first kappa shape index (κ1) is 14.6. The second-order valence-electron chi connectivity index (χ2n) is 3.90. The number of halogens is 1. The van der Waals surface area contributed by atoms with Crippen LogP contribution in [0.15, 0.2) is 47.8 Å². The summed E-state index contributed by atoms with van der Waals surface area (Å²) in [6.45, 7) is 0. The molecular formula is C13H9ClN4O3. The molecule has 2 aromatic rings. The van der Waals surface area contributed by atoms with Crippen molar-refractivity contribution in [2.24, 2.45) is 5.10 Å². The van der Waals surface area contributed by atoms with E-state index in [9.17, 15) is 14.9 Å². The third-order valence-corrected chi connectivity index (χ3v) is 2.83. The third-order valence-electron chi connectivity index (χ3n) is 2.48. The molecule has 8 heteroatoms. The number of amides is 1. The summed E-state index contributed by atoms with van der Waals surface area (Å²) >= 11 is 5.90. The molecule has 0 saturated carbocycles. The quantitative estimate of drug-likeness (QED) is 0.533. The highest BCUT2D eigenvalue weighted by Gasteiger charge is 2.08. The van der Waals surface area contributed by atoms with Gasteiger partial charge in [-0.15, -0.1) is 0 Å². The van der Waals surface area contributed by atoms with E-state index < -0.39 is 10.8 Å². The average Bonchev–Trinajstić information content (AvgIpc) is 2.49. The Balaban J connectivity index is 2.10. The van der Waals surface area contributed by atoms with Crippen molar-refractivity contribution >= 4 is 29.4 Å². The molecule has 0 radical (unpaired) electrons. The lowest BCUT2D eigenvalue weighted by atomic mass is 10.2. The maximum absolute atomic E-state index is 11.7. The van der Waals surface area contributed by atoms with Gasteiger partial charge in [0, 0.05) is 35.1 Å². The molecule has 1 aromatic heterocycles. The van der Waals surface area contributed by atoms with E-state index in [-0.39, 0.29) is 5.69 Å². The van der Waals surface area contributed by atoms with Gasteiger partial charge in [0.05, 0.1) is 16.7 Å². The summed E-state index contributed by atoms with van der Waals surface area (Å²) < 4.78 is 0. The largest absolute Gasteiger partial charge is 0.272 e. The van der Waals surface area contributed by atoms with Crippen LogP contribution in [0.3, 0.4) is 0 Å². The van der Waals surface area contributed by atoms with Crippen LogP contribution in [0.5, 0.6) is 0 Å². The Kier molecular flexibility index (Phi) is 4.57. The van der Waals surface area contributed by atoms with Gasteiger partial charge in [-0.2, -0.15) is 5.10 Å². The third kappa shape index (κ3) is 3.83. The van der Waals surface area contributed by atoms with Crippen molar-refractivity contribution in [3.63, 3.8) is 0 Å². The number of carbonyl (C=O) groups is 1. The first-order valence-electron chi connectivity index (χ1n) is 5.75. The topological polar surface area (TPSA) is 97.5 Å². The van der Waals surface area contributed by atoms with Gasteiger partial charge >= 0.3 is 0 Å². The van der Waals surface area contributed by atoms with E-state index in [1.807, 2.05) is 0 Å². The molecule has 106 valence electrons. The summed E-state index contributed by atoms with van der Waals surface area (Å²) in [6, 6.07) is 7.15. The second kappa shape index (κ2) is 6.58. The van der Waals surface area contributed by atoms with Crippen LogP contribution in [-0.2, 0) is 0 Å². The fourth-order valence-corrected chi connectivity index (χ4v) is 1.63. The van der Waals surface area contributed by atoms with E-state index in [2.05, 4.69) is 15.5 Å². The standard InChI is InChI=1S/C13H9ClN4O3/c14-12-4-3-11(18(20)21)6-10(12)8-16-17-13(19)9-2-1-5-15-7-9/h1-8H,(H,17,19)/b16-8-. The van der Waals surface area contributed by atoms with Crippen LogP contribution in [-0.4, -0.2) is 22.0 Å². The van der Waals surface area contributed by atoms with Crippen LogP contribution in [0.4, 0.5) is 5.69 Å². The number of hydrogen-bond acceptors (Lipinski definition) is 5. The molecule has 0 aliphatic rings. The molecular weight excluding hydrogens is 296 g/mol. The van der Waals surface area contributed by atoms with E-state index in [1.165, 1.54) is 30.6 Å². The lowest BCUT2D eigenvalue weighted by Crippen LogP contribution is -2.17. The smallest absolute Gasteiger partial charge is 0.267 e. The second-order valence-corrected chi connectivity index (χ2v) is 4.31. The van der Waals surface area contributed by atoms with Gasteiger partial charge in [0.15, 0.2) is 0 Å². The number of hydrogen-bond donors (Lipinski definition) is 1. The van der Waals surface area contributed by atoms with Crippen molar-refractivity contribution < 1.29 is 9.72 Å². The lowest BCUT2D eigenvalue weighted by Gasteiger charge is -2.00. The molecule has 0 spiro atoms. The van der Waals surface area contributed by atoms with Gasteiger partial charge in [-0.05, 0) is 18.2 Å². The summed E-state index contributed by atoms with van der Waals surface area (Å²) in [4.78, 5) is 25.6. The number of nitrogens with zero attached hydrogens (tertiary/aromatic N) is 3. The van der Waals surface area contributed by atoms with Crippen molar-refractivity contribution in [2.45, 2.75) is 0 Å². The maximum Gasteiger partial charge on any atom is 0.272 e. The molecule has 0 atom stereocenters. The Hall–Kier alpha value is -2.80. The molecule has 1 N–H and O–H groups in total. The van der Waals surface area contributed by atoms with Crippen molar-refractivity contribution in [3.05, 3.63) is 69.0 Å². The molecule has 2 rings (SSSR count). The van der Waals surface area contributed by atoms with Gasteiger partial charge in [-0.3, -0.25) is 19.9 Å². The molecule has 0 aliphatic carbocycles. The number of hydrazone groups is 1. The number of nitro benzene ring substituents is 1. The molecule has 1 aromatic carbocycles. The number of rotatable bonds is 4. The highest BCUT2D eigenvalue weighted by molar-refractivity contribution is 6.33. The highest BCUT2D eigenvalue weighted by Crippen LogP contribution is 2.20. The van der Waals surface area contributed by atoms with Gasteiger partial charge in [-0.1, -0.05) is 11.6 Å². The fourth-order valence-electron chi connectivity index (χ4n) is 1.47. The molecule has 0 bridgehead atoms. The SMILES string of the molecule is O=C(N/N=C\c1cc([N+](=O)[O-])ccc1Cl)c1cccnc1. The highest BCUT2D eigenvalue weighted by atomic mass is 35.5. The Labute approximate surface area is 124 Å². The van der Waals surface area contributed by atoms with Crippen LogP contribution in [0.1, 0.15) is 15.9 Å². The van der Waals surface area contributed by atoms with Crippen LogP contribution < -0.4 is 5.43 Å². The number of non-ortho nitro benzene ring substituents is 1. The normalized spacial score (nSPS) is 10.5. The Morgan fingerprint density at radius 2 is 2.24 bits per heavy atom. The molecule has 0 aliphatic heterocycles. The number of aromatic nitrogens is 1. The Morgan fingerprint density at radius 3 is 2.90 bits per heavy atom. The van der Waals surface area contributed by atoms with E-state index in [0.717, 1.165) is 0 Å². The number of nitro groups is 1. The molecule has 21 heavy (non-hydrogen) atoms. The van der Waals surface area contributed by atoms with Gasteiger partial charge < -0.3 is 0 Å². The zero-order valence-electron chi connectivity index (χ0n) is 10.6. The molecule has 1 heterocycles. The Morgan fingerprint density at radius 1 is 1.43 bits per heavy atom. The Bertz CT molecular complexity index is 704. The van der Waals surface area contributed by atoms with Gasteiger partial charge in [-0.25, -0.2) is 5.43 Å². The predicted octanol–water partition coefficient (Wildman–Crippen LogP) is 2.41. The minimum atomic E-state index is -0.540. The number of nitrogens with one attached hydrogen (secondary N) is 1.